The van der Waals surface area contributed by atoms with E-state index < -0.39 is 5.91 Å². The Morgan fingerprint density at radius 2 is 2.09 bits per heavy atom. The van der Waals surface area contributed by atoms with Crippen molar-refractivity contribution >= 4 is 11.7 Å². The van der Waals surface area contributed by atoms with Crippen molar-refractivity contribution < 1.29 is 9.90 Å². The van der Waals surface area contributed by atoms with Crippen molar-refractivity contribution in [3.05, 3.63) is 17.6 Å². The zero-order valence-electron chi connectivity index (χ0n) is 14.3. The zero-order chi connectivity index (χ0) is 17.0. The highest BCUT2D eigenvalue weighted by molar-refractivity contribution is 5.97. The van der Waals surface area contributed by atoms with Crippen molar-refractivity contribution in [3.63, 3.8) is 0 Å². The van der Waals surface area contributed by atoms with Gasteiger partial charge in [-0.1, -0.05) is 12.8 Å². The van der Waals surface area contributed by atoms with E-state index in [1.807, 2.05) is 20.8 Å². The summed E-state index contributed by atoms with van der Waals surface area (Å²) in [5.74, 6) is 1.03. The number of aliphatic hydroxyl groups excluding tert-OH is 1. The predicted molar refractivity (Wildman–Crippen MR) is 90.2 cm³/mol. The van der Waals surface area contributed by atoms with Crippen LogP contribution < -0.4 is 11.1 Å². The highest BCUT2D eigenvalue weighted by Gasteiger charge is 2.22. The largest absolute Gasteiger partial charge is 0.393 e. The fraction of sp³-hybridized carbons (Fsp3) is 0.706. The van der Waals surface area contributed by atoms with Crippen LogP contribution in [0.3, 0.4) is 0 Å². The number of aliphatic hydroxyl groups is 1. The molecule has 6 heteroatoms. The van der Waals surface area contributed by atoms with Crippen LogP contribution in [0.15, 0.2) is 6.20 Å². The molecule has 1 aromatic rings. The highest BCUT2D eigenvalue weighted by atomic mass is 16.3. The summed E-state index contributed by atoms with van der Waals surface area (Å²) in [6, 6.07) is 0. The molecule has 0 spiro atoms. The number of nitrogens with zero attached hydrogens (tertiary/aromatic N) is 2. The summed E-state index contributed by atoms with van der Waals surface area (Å²) in [5.41, 5.74) is 5.50. The maximum Gasteiger partial charge on any atom is 0.254 e. The minimum absolute atomic E-state index is 0.223. The minimum atomic E-state index is -0.534. The molecule has 2 rings (SSSR count). The number of carbonyl (C=O) groups is 1. The molecule has 1 aromatic heterocycles. The number of rotatable bonds is 4. The summed E-state index contributed by atoms with van der Waals surface area (Å²) < 4.78 is 0. The van der Waals surface area contributed by atoms with Gasteiger partial charge in [0.2, 0.25) is 0 Å². The number of carbonyl (C=O) groups excluding carboxylic acids is 1. The second-order valence-corrected chi connectivity index (χ2v) is 7.53. The molecule has 0 unspecified atom stereocenters. The van der Waals surface area contributed by atoms with E-state index in [1.165, 1.54) is 6.20 Å². The summed E-state index contributed by atoms with van der Waals surface area (Å²) in [7, 11) is 0. The lowest BCUT2D eigenvalue weighted by Gasteiger charge is -2.23. The van der Waals surface area contributed by atoms with Gasteiger partial charge in [0, 0.05) is 18.2 Å². The third-order valence-corrected chi connectivity index (χ3v) is 4.07. The van der Waals surface area contributed by atoms with Gasteiger partial charge in [0.15, 0.2) is 0 Å². The first-order chi connectivity index (χ1) is 10.7. The van der Waals surface area contributed by atoms with Crippen LogP contribution in [0, 0.1) is 5.92 Å². The molecule has 1 heterocycles. The molecule has 6 nitrogen and oxygen atoms in total. The average molecular weight is 320 g/mol. The van der Waals surface area contributed by atoms with Gasteiger partial charge in [-0.25, -0.2) is 9.97 Å². The molecule has 1 saturated carbocycles. The first kappa shape index (κ1) is 17.7. The molecule has 4 N–H and O–H groups in total. The number of hydrogen-bond donors (Lipinski definition) is 3. The molecule has 1 aliphatic rings. The van der Waals surface area contributed by atoms with Gasteiger partial charge in [0.05, 0.1) is 11.7 Å². The van der Waals surface area contributed by atoms with Crippen LogP contribution in [0.1, 0.15) is 69.1 Å². The second-order valence-electron chi connectivity index (χ2n) is 7.53. The third-order valence-electron chi connectivity index (χ3n) is 4.07. The third kappa shape index (κ3) is 5.46. The molecular formula is C17H28N4O2. The van der Waals surface area contributed by atoms with E-state index in [0.29, 0.717) is 23.1 Å². The number of amides is 1. The molecule has 2 atom stereocenters. The molecule has 0 saturated heterocycles. The Morgan fingerprint density at radius 1 is 1.39 bits per heavy atom. The Labute approximate surface area is 137 Å². The standard InChI is InChI=1S/C17H28N4O2/c1-17(2,3)21-16-13(15(18)23)10-19-14(20-16)9-11-6-4-5-7-12(22)8-11/h10-12,22H,4-9H2,1-3H3,(H2,18,23)(H,19,20,21)/t11-,12-/m0/s1. The van der Waals surface area contributed by atoms with E-state index in [1.54, 1.807) is 0 Å². The van der Waals surface area contributed by atoms with Crippen LogP contribution in [0.25, 0.3) is 0 Å². The fourth-order valence-electron chi connectivity index (χ4n) is 3.02. The first-order valence-corrected chi connectivity index (χ1v) is 8.36. The number of primary amides is 1. The number of anilines is 1. The van der Waals surface area contributed by atoms with Crippen LogP contribution in [-0.2, 0) is 6.42 Å². The van der Waals surface area contributed by atoms with Crippen molar-refractivity contribution in [1.29, 1.82) is 0 Å². The van der Waals surface area contributed by atoms with Crippen LogP contribution in [-0.4, -0.2) is 32.6 Å². The van der Waals surface area contributed by atoms with Gasteiger partial charge in [-0.2, -0.15) is 0 Å². The van der Waals surface area contributed by atoms with Crippen molar-refractivity contribution in [1.82, 2.24) is 9.97 Å². The molecule has 23 heavy (non-hydrogen) atoms. The number of hydrogen-bond acceptors (Lipinski definition) is 5. The molecule has 1 amide bonds. The van der Waals surface area contributed by atoms with Crippen LogP contribution in [0.4, 0.5) is 5.82 Å². The van der Waals surface area contributed by atoms with E-state index in [-0.39, 0.29) is 11.6 Å². The van der Waals surface area contributed by atoms with Crippen molar-refractivity contribution in [2.24, 2.45) is 11.7 Å². The molecule has 128 valence electrons. The Bertz CT molecular complexity index is 554. The Kier molecular flexibility index (Phi) is 5.57. The molecule has 0 radical (unpaired) electrons. The smallest absolute Gasteiger partial charge is 0.254 e. The quantitative estimate of drug-likeness (QED) is 0.739. The van der Waals surface area contributed by atoms with E-state index in [0.717, 1.165) is 38.5 Å². The number of nitrogens with one attached hydrogen (secondary N) is 1. The Morgan fingerprint density at radius 3 is 2.74 bits per heavy atom. The van der Waals surface area contributed by atoms with Gasteiger partial charge in [-0.15, -0.1) is 0 Å². The monoisotopic (exact) mass is 320 g/mol. The normalized spacial score (nSPS) is 22.4. The average Bonchev–Trinajstić information content (AvgIpc) is 2.61. The van der Waals surface area contributed by atoms with Gasteiger partial charge in [0.25, 0.3) is 5.91 Å². The number of nitrogens with two attached hydrogens (primary N) is 1. The summed E-state index contributed by atoms with van der Waals surface area (Å²) >= 11 is 0. The molecule has 0 aliphatic heterocycles. The SMILES string of the molecule is CC(C)(C)Nc1nc(C[C@H]2CCCC[C@H](O)C2)ncc1C(N)=O. The Balaban J connectivity index is 2.19. The predicted octanol–water partition coefficient (Wildman–Crippen LogP) is 2.27. The molecular weight excluding hydrogens is 292 g/mol. The molecule has 0 bridgehead atoms. The second kappa shape index (κ2) is 7.25. The van der Waals surface area contributed by atoms with Crippen molar-refractivity contribution in [2.75, 3.05) is 5.32 Å². The highest BCUT2D eigenvalue weighted by Crippen LogP contribution is 2.26. The van der Waals surface area contributed by atoms with Gasteiger partial charge in [-0.05, 0) is 46.0 Å². The summed E-state index contributed by atoms with van der Waals surface area (Å²) in [6.07, 6.45) is 6.97. The lowest BCUT2D eigenvalue weighted by atomic mass is 9.95. The molecule has 0 aromatic carbocycles. The number of aromatic nitrogens is 2. The van der Waals surface area contributed by atoms with Gasteiger partial charge >= 0.3 is 0 Å². The van der Waals surface area contributed by atoms with Crippen molar-refractivity contribution in [3.8, 4) is 0 Å². The van der Waals surface area contributed by atoms with E-state index in [2.05, 4.69) is 15.3 Å². The fourth-order valence-corrected chi connectivity index (χ4v) is 3.02. The minimum Gasteiger partial charge on any atom is -0.393 e. The van der Waals surface area contributed by atoms with Gasteiger partial charge < -0.3 is 16.2 Å². The lowest BCUT2D eigenvalue weighted by Crippen LogP contribution is -2.29. The molecule has 1 fully saturated rings. The van der Waals surface area contributed by atoms with E-state index in [9.17, 15) is 9.90 Å². The summed E-state index contributed by atoms with van der Waals surface area (Å²) in [6.45, 7) is 6.00. The van der Waals surface area contributed by atoms with Crippen LogP contribution >= 0.6 is 0 Å². The maximum absolute atomic E-state index is 11.6. The van der Waals surface area contributed by atoms with Gasteiger partial charge in [-0.3, -0.25) is 4.79 Å². The van der Waals surface area contributed by atoms with Crippen LogP contribution in [0.2, 0.25) is 0 Å². The molecule has 1 aliphatic carbocycles. The first-order valence-electron chi connectivity index (χ1n) is 8.36. The Hall–Kier alpha value is -1.69. The van der Waals surface area contributed by atoms with Gasteiger partial charge in [0.1, 0.15) is 11.6 Å². The van der Waals surface area contributed by atoms with Crippen molar-refractivity contribution in [2.45, 2.75) is 70.9 Å². The maximum atomic E-state index is 11.6. The summed E-state index contributed by atoms with van der Waals surface area (Å²) in [4.78, 5) is 20.4. The van der Waals surface area contributed by atoms with E-state index in [4.69, 9.17) is 5.73 Å². The zero-order valence-corrected chi connectivity index (χ0v) is 14.3. The lowest BCUT2D eigenvalue weighted by molar-refractivity contribution is 0.100. The topological polar surface area (TPSA) is 101 Å². The van der Waals surface area contributed by atoms with Crippen LogP contribution in [0.5, 0.6) is 0 Å². The summed E-state index contributed by atoms with van der Waals surface area (Å²) in [5, 5.41) is 13.2. The van der Waals surface area contributed by atoms with E-state index >= 15 is 0 Å².